The Hall–Kier alpha value is -10.2. The zero-order chi connectivity index (χ0) is 56.6. The summed E-state index contributed by atoms with van der Waals surface area (Å²) in [5.74, 6) is 2.90. The van der Waals surface area contributed by atoms with Crippen LogP contribution in [0.2, 0.25) is 0 Å². The molecule has 2 N–H and O–H groups in total. The maximum absolute atomic E-state index is 15.9. The minimum atomic E-state index is -2.73. The van der Waals surface area contributed by atoms with E-state index in [4.69, 9.17) is 14.5 Å². The standard InChI is InChI=1S/C59H53F3N16O4/c1-5-52(79)74-23-25-76(26-24-74)58-36(3)28-47-55(70-58)57(66-33-64-47)68-38-8-16-50(35(2)27-38)81-41-11-15-49-46(31-41)71-72-78(49)18-6-7-53(80)75-21-19-73(20-22-75)39-9-12-43-42(29-39)56(65-32-63-43)69-44-13-17-51(37(4)54(44)60)82-40-10-14-48-45(30-40)67-34-77(48)59(61)62/h5-17,27-34,59H,1,18-26H2,2-4H3,(H,63,65,69)(H,64,66,68)/b7-6+. The number of nitrogens with one attached hydrogen (secondary N) is 2. The predicted octanol–water partition coefficient (Wildman–Crippen LogP) is 10.3. The first-order valence-electron chi connectivity index (χ1n) is 26.5. The van der Waals surface area contributed by atoms with Crippen molar-refractivity contribution in [1.82, 2.24) is 59.3 Å². The number of rotatable bonds is 15. The third-order valence-corrected chi connectivity index (χ3v) is 14.7. The summed E-state index contributed by atoms with van der Waals surface area (Å²) in [6.45, 7) is 11.4. The molecule has 0 bridgehead atoms. The Balaban J connectivity index is 0.640. The quantitative estimate of drug-likeness (QED) is 0.0917. The monoisotopic (exact) mass is 1110 g/mol. The largest absolute Gasteiger partial charge is 0.457 e. The van der Waals surface area contributed by atoms with Crippen molar-refractivity contribution in [3.05, 3.63) is 157 Å². The lowest BCUT2D eigenvalue weighted by atomic mass is 10.1. The number of aromatic nitrogens is 10. The normalized spacial score (nSPS) is 14.0. The van der Waals surface area contributed by atoms with Crippen LogP contribution in [0.3, 0.4) is 0 Å². The van der Waals surface area contributed by atoms with E-state index in [1.165, 1.54) is 36.9 Å². The van der Waals surface area contributed by atoms with E-state index >= 15 is 4.39 Å². The molecule has 414 valence electrons. The van der Waals surface area contributed by atoms with Gasteiger partial charge in [-0.2, -0.15) is 8.78 Å². The van der Waals surface area contributed by atoms with E-state index in [0.717, 1.165) is 50.2 Å². The number of aryl methyl sites for hydroxylation is 2. The Morgan fingerprint density at radius 2 is 1.37 bits per heavy atom. The van der Waals surface area contributed by atoms with Crippen LogP contribution < -0.4 is 29.9 Å². The number of imidazole rings is 1. The Bertz CT molecular complexity index is 4150. The van der Waals surface area contributed by atoms with Gasteiger partial charge in [-0.15, -0.1) is 5.10 Å². The highest BCUT2D eigenvalue weighted by Crippen LogP contribution is 2.36. The first-order valence-corrected chi connectivity index (χ1v) is 26.5. The van der Waals surface area contributed by atoms with Crippen molar-refractivity contribution in [2.75, 3.05) is 72.8 Å². The summed E-state index contributed by atoms with van der Waals surface area (Å²) in [5, 5.41) is 16.0. The Morgan fingerprint density at radius 3 is 2.12 bits per heavy atom. The smallest absolute Gasteiger partial charge is 0.320 e. The SMILES string of the molecule is C=CC(=O)N1CCN(c2nc3c(Nc4ccc(Oc5ccc6c(c5)nnn6C/C=C/C(=O)N5CCN(c6ccc7ncnc(Nc8ccc(Oc9ccc%10c(c9)ncn%10C(F)F)c(C)c8F)c7c6)CC5)c(C)c4)ncnc3cc2C)CC1. The second-order valence-electron chi connectivity index (χ2n) is 19.9. The number of hydrogen-bond donors (Lipinski definition) is 2. The van der Waals surface area contributed by atoms with Gasteiger partial charge in [0, 0.05) is 92.9 Å². The number of carbonyl (C=O) groups is 2. The molecule has 23 heteroatoms. The van der Waals surface area contributed by atoms with Gasteiger partial charge in [-0.25, -0.2) is 39.0 Å². The summed E-state index contributed by atoms with van der Waals surface area (Å²) in [7, 11) is 0. The van der Waals surface area contributed by atoms with Crippen molar-refractivity contribution in [3.63, 3.8) is 0 Å². The third kappa shape index (κ3) is 10.6. The van der Waals surface area contributed by atoms with E-state index in [1.807, 2.05) is 79.4 Å². The summed E-state index contributed by atoms with van der Waals surface area (Å²) < 4.78 is 57.4. The van der Waals surface area contributed by atoms with Gasteiger partial charge in [-0.05, 0) is 117 Å². The van der Waals surface area contributed by atoms with E-state index in [9.17, 15) is 18.4 Å². The molecule has 2 saturated heterocycles. The Morgan fingerprint density at radius 1 is 0.671 bits per heavy atom. The van der Waals surface area contributed by atoms with E-state index in [1.54, 1.807) is 40.8 Å². The van der Waals surface area contributed by atoms with Crippen LogP contribution in [0.4, 0.5) is 47.7 Å². The minimum Gasteiger partial charge on any atom is -0.457 e. The summed E-state index contributed by atoms with van der Waals surface area (Å²) in [4.78, 5) is 60.6. The molecule has 7 heterocycles. The third-order valence-electron chi connectivity index (χ3n) is 14.7. The number of piperazine rings is 2. The molecule has 5 aromatic heterocycles. The predicted molar refractivity (Wildman–Crippen MR) is 306 cm³/mol. The lowest BCUT2D eigenvalue weighted by Crippen LogP contribution is -2.48. The summed E-state index contributed by atoms with van der Waals surface area (Å²) in [6.07, 6.45) is 8.70. The fourth-order valence-corrected chi connectivity index (χ4v) is 10.3. The number of allylic oxidation sites excluding steroid dienone is 1. The van der Waals surface area contributed by atoms with Gasteiger partial charge in [0.25, 0.3) is 0 Å². The van der Waals surface area contributed by atoms with Crippen LogP contribution in [0, 0.1) is 26.6 Å². The van der Waals surface area contributed by atoms with Gasteiger partial charge in [-0.3, -0.25) is 14.2 Å². The molecular formula is C59H53F3N16O4. The van der Waals surface area contributed by atoms with Crippen LogP contribution in [0.1, 0.15) is 23.2 Å². The molecule has 20 nitrogen and oxygen atoms in total. The molecule has 0 saturated carbocycles. The number of carbonyl (C=O) groups excluding carboxylic acids is 2. The van der Waals surface area contributed by atoms with Crippen LogP contribution >= 0.6 is 0 Å². The van der Waals surface area contributed by atoms with Crippen molar-refractivity contribution >= 4 is 90.3 Å². The number of fused-ring (bicyclic) bond motifs is 4. The first-order chi connectivity index (χ1) is 39.8. The first kappa shape index (κ1) is 52.5. The van der Waals surface area contributed by atoms with Gasteiger partial charge >= 0.3 is 6.55 Å². The van der Waals surface area contributed by atoms with Gasteiger partial charge in [0.2, 0.25) is 11.8 Å². The van der Waals surface area contributed by atoms with Crippen LogP contribution in [0.5, 0.6) is 23.0 Å². The van der Waals surface area contributed by atoms with Crippen molar-refractivity contribution in [2.45, 2.75) is 33.9 Å². The topological polar surface area (TPSA) is 203 Å². The molecule has 0 aliphatic carbocycles. The number of ether oxygens (including phenoxy) is 2. The molecule has 0 unspecified atom stereocenters. The molecule has 0 atom stereocenters. The number of amides is 2. The number of anilines is 6. The molecule has 0 spiro atoms. The van der Waals surface area contributed by atoms with Gasteiger partial charge in [-0.1, -0.05) is 17.9 Å². The van der Waals surface area contributed by atoms with Gasteiger partial charge in [0.15, 0.2) is 11.6 Å². The molecule has 5 aromatic carbocycles. The lowest BCUT2D eigenvalue weighted by Gasteiger charge is -2.35. The van der Waals surface area contributed by atoms with E-state index in [2.05, 4.69) is 62.2 Å². The molecule has 2 aliphatic rings. The minimum absolute atomic E-state index is 0.0688. The zero-order valence-corrected chi connectivity index (χ0v) is 44.8. The molecular weight excluding hydrogens is 1050 g/mol. The number of benzene rings is 5. The molecule has 10 aromatic rings. The van der Waals surface area contributed by atoms with E-state index in [-0.39, 0.29) is 34.3 Å². The number of halogens is 3. The second kappa shape index (κ2) is 22.2. The number of nitrogens with zero attached hydrogens (tertiary/aromatic N) is 14. The molecule has 82 heavy (non-hydrogen) atoms. The van der Waals surface area contributed by atoms with Gasteiger partial charge < -0.3 is 39.7 Å². The van der Waals surface area contributed by atoms with Crippen LogP contribution in [-0.4, -0.2) is 123 Å². The van der Waals surface area contributed by atoms with Gasteiger partial charge in [0.1, 0.15) is 64.6 Å². The van der Waals surface area contributed by atoms with Crippen molar-refractivity contribution in [1.29, 1.82) is 0 Å². The number of alkyl halides is 2. The Kier molecular flexibility index (Phi) is 14.2. The van der Waals surface area contributed by atoms with Gasteiger partial charge in [0.05, 0.1) is 39.8 Å². The zero-order valence-electron chi connectivity index (χ0n) is 44.8. The maximum atomic E-state index is 15.9. The van der Waals surface area contributed by atoms with Crippen LogP contribution in [0.15, 0.2) is 135 Å². The summed E-state index contributed by atoms with van der Waals surface area (Å²) in [6, 6.07) is 26.9. The Labute approximate surface area is 467 Å². The number of pyridine rings is 1. The average Bonchev–Trinajstić information content (AvgIpc) is 4.26. The highest BCUT2D eigenvalue weighted by atomic mass is 19.3. The molecule has 2 fully saturated rings. The molecule has 0 radical (unpaired) electrons. The van der Waals surface area contributed by atoms with E-state index < -0.39 is 12.4 Å². The van der Waals surface area contributed by atoms with Crippen molar-refractivity contribution in [3.8, 4) is 23.0 Å². The highest BCUT2D eigenvalue weighted by Gasteiger charge is 2.25. The molecule has 2 amide bonds. The summed E-state index contributed by atoms with van der Waals surface area (Å²) >= 11 is 0. The lowest BCUT2D eigenvalue weighted by molar-refractivity contribution is -0.127. The van der Waals surface area contributed by atoms with Crippen molar-refractivity contribution < 1.29 is 32.2 Å². The van der Waals surface area contributed by atoms with Crippen LogP contribution in [0.25, 0.3) is 44.0 Å². The van der Waals surface area contributed by atoms with Crippen molar-refractivity contribution in [2.24, 2.45) is 0 Å². The average molecular weight is 1110 g/mol. The second-order valence-corrected chi connectivity index (χ2v) is 19.9. The summed E-state index contributed by atoms with van der Waals surface area (Å²) in [5.41, 5.74) is 7.98. The number of hydrogen-bond acceptors (Lipinski definition) is 16. The molecule has 2 aliphatic heterocycles. The van der Waals surface area contributed by atoms with Crippen LogP contribution in [-0.2, 0) is 16.1 Å². The molecule has 12 rings (SSSR count). The highest BCUT2D eigenvalue weighted by molar-refractivity contribution is 5.94. The fourth-order valence-electron chi connectivity index (χ4n) is 10.3. The maximum Gasteiger partial charge on any atom is 0.320 e. The fraction of sp³-hybridized carbons (Fsp3) is 0.220. The van der Waals surface area contributed by atoms with E-state index in [0.29, 0.717) is 115 Å².